The number of carbonyl (C=O) groups excluding carboxylic acids is 2. The van der Waals surface area contributed by atoms with Crippen molar-refractivity contribution in [1.82, 2.24) is 14.5 Å². The molecule has 0 saturated carbocycles. The van der Waals surface area contributed by atoms with Crippen LogP contribution in [0.4, 0.5) is 14.5 Å². The van der Waals surface area contributed by atoms with Crippen molar-refractivity contribution in [3.8, 4) is 0 Å². The molecule has 0 aliphatic carbocycles. The molecule has 3 rings (SSSR count). The van der Waals surface area contributed by atoms with Gasteiger partial charge in [0.05, 0.1) is 6.54 Å². The summed E-state index contributed by atoms with van der Waals surface area (Å²) in [5.41, 5.74) is 0.807. The van der Waals surface area contributed by atoms with Gasteiger partial charge >= 0.3 is 6.55 Å². The summed E-state index contributed by atoms with van der Waals surface area (Å²) in [7, 11) is 1.50. The molecular formula is C18H20F2N4O3. The van der Waals surface area contributed by atoms with Crippen LogP contribution in [0.1, 0.15) is 35.6 Å². The highest BCUT2D eigenvalue weighted by atomic mass is 19.3. The molecule has 7 nitrogen and oxygen atoms in total. The summed E-state index contributed by atoms with van der Waals surface area (Å²) in [6.45, 7) is -2.22. The molecule has 2 aromatic rings. The highest BCUT2D eigenvalue weighted by Gasteiger charge is 2.24. The largest absolute Gasteiger partial charge is 0.368 e. The van der Waals surface area contributed by atoms with Crippen LogP contribution in [-0.4, -0.2) is 46.0 Å². The van der Waals surface area contributed by atoms with Gasteiger partial charge in [0.1, 0.15) is 11.9 Å². The first-order valence-corrected chi connectivity index (χ1v) is 8.53. The van der Waals surface area contributed by atoms with Crippen molar-refractivity contribution < 1.29 is 23.1 Å². The van der Waals surface area contributed by atoms with E-state index >= 15 is 0 Å². The van der Waals surface area contributed by atoms with Gasteiger partial charge in [-0.25, -0.2) is 4.98 Å². The van der Waals surface area contributed by atoms with Crippen LogP contribution in [0.5, 0.6) is 0 Å². The van der Waals surface area contributed by atoms with Crippen LogP contribution < -0.4 is 5.32 Å². The summed E-state index contributed by atoms with van der Waals surface area (Å²) in [6.07, 6.45) is 3.47. The minimum Gasteiger partial charge on any atom is -0.368 e. The third-order valence-electron chi connectivity index (χ3n) is 4.28. The number of anilines is 1. The fraction of sp³-hybridized carbons (Fsp3) is 0.389. The van der Waals surface area contributed by atoms with Crippen LogP contribution >= 0.6 is 0 Å². The fourth-order valence-corrected chi connectivity index (χ4v) is 2.89. The Bertz CT molecular complexity index is 818. The Hall–Kier alpha value is -2.81. The molecule has 0 bridgehead atoms. The van der Waals surface area contributed by atoms with E-state index in [0.29, 0.717) is 28.8 Å². The lowest BCUT2D eigenvalue weighted by Gasteiger charge is -2.18. The average Bonchev–Trinajstić information content (AvgIpc) is 3.33. The molecule has 2 amide bonds. The second-order valence-corrected chi connectivity index (χ2v) is 6.26. The Kier molecular flexibility index (Phi) is 5.80. The van der Waals surface area contributed by atoms with E-state index in [2.05, 4.69) is 10.3 Å². The lowest BCUT2D eigenvalue weighted by Crippen LogP contribution is -2.29. The van der Waals surface area contributed by atoms with Crippen molar-refractivity contribution in [1.29, 1.82) is 0 Å². The number of ether oxygens (including phenoxy) is 1. The molecular weight excluding hydrogens is 358 g/mol. The Labute approximate surface area is 154 Å². The molecule has 1 saturated heterocycles. The Morgan fingerprint density at radius 2 is 2.26 bits per heavy atom. The summed E-state index contributed by atoms with van der Waals surface area (Å²) < 4.78 is 31.9. The second-order valence-electron chi connectivity index (χ2n) is 6.26. The SMILES string of the molecule is CN(Cc1nccn1C(F)F)C(=O)c1cccc(NC(=O)C2CCCO2)c1. The lowest BCUT2D eigenvalue weighted by molar-refractivity contribution is -0.124. The number of carbonyl (C=O) groups is 2. The molecule has 1 unspecified atom stereocenters. The molecule has 0 spiro atoms. The molecule has 1 atom stereocenters. The number of benzene rings is 1. The number of hydrogen-bond donors (Lipinski definition) is 1. The third kappa shape index (κ3) is 4.48. The van der Waals surface area contributed by atoms with E-state index in [-0.39, 0.29) is 24.2 Å². The van der Waals surface area contributed by atoms with Gasteiger partial charge in [0.25, 0.3) is 11.8 Å². The summed E-state index contributed by atoms with van der Waals surface area (Å²) >= 11 is 0. The molecule has 144 valence electrons. The number of hydrogen-bond acceptors (Lipinski definition) is 4. The van der Waals surface area contributed by atoms with Gasteiger partial charge in [0, 0.05) is 37.3 Å². The van der Waals surface area contributed by atoms with Gasteiger partial charge in [-0.15, -0.1) is 0 Å². The van der Waals surface area contributed by atoms with Crippen LogP contribution in [-0.2, 0) is 16.1 Å². The minimum atomic E-state index is -2.72. The zero-order chi connectivity index (χ0) is 19.4. The summed E-state index contributed by atoms with van der Waals surface area (Å²) in [4.78, 5) is 29.9. The zero-order valence-corrected chi connectivity index (χ0v) is 14.8. The van der Waals surface area contributed by atoms with E-state index < -0.39 is 12.7 Å². The van der Waals surface area contributed by atoms with Crippen LogP contribution in [0.25, 0.3) is 0 Å². The number of nitrogens with zero attached hydrogens (tertiary/aromatic N) is 3. The van der Waals surface area contributed by atoms with Crippen molar-refractivity contribution in [3.05, 3.63) is 48.0 Å². The summed E-state index contributed by atoms with van der Waals surface area (Å²) in [6, 6.07) is 6.46. The zero-order valence-electron chi connectivity index (χ0n) is 14.8. The number of aromatic nitrogens is 2. The van der Waals surface area contributed by atoms with Crippen LogP contribution in [0.15, 0.2) is 36.7 Å². The number of amides is 2. The van der Waals surface area contributed by atoms with Gasteiger partial charge in [-0.3, -0.25) is 14.2 Å². The van der Waals surface area contributed by atoms with Crippen molar-refractivity contribution in [2.45, 2.75) is 32.0 Å². The number of halogens is 2. The van der Waals surface area contributed by atoms with E-state index in [0.717, 1.165) is 6.42 Å². The van der Waals surface area contributed by atoms with Crippen molar-refractivity contribution in [2.75, 3.05) is 19.0 Å². The molecule has 1 aliphatic rings. The molecule has 1 aromatic carbocycles. The molecule has 0 radical (unpaired) electrons. The van der Waals surface area contributed by atoms with Crippen molar-refractivity contribution in [3.63, 3.8) is 0 Å². The highest BCUT2D eigenvalue weighted by Crippen LogP contribution is 2.18. The molecule has 1 aromatic heterocycles. The number of imidazole rings is 1. The predicted molar refractivity (Wildman–Crippen MR) is 93.3 cm³/mol. The maximum absolute atomic E-state index is 12.9. The standard InChI is InChI=1S/C18H20F2N4O3/c1-23(11-15-21-7-8-24(15)18(19)20)17(26)12-4-2-5-13(10-12)22-16(25)14-6-3-9-27-14/h2,4-5,7-8,10,14,18H,3,6,9,11H2,1H3,(H,22,25). The van der Waals surface area contributed by atoms with Crippen LogP contribution in [0.2, 0.25) is 0 Å². The third-order valence-corrected chi connectivity index (χ3v) is 4.28. The van der Waals surface area contributed by atoms with Crippen molar-refractivity contribution in [2.24, 2.45) is 0 Å². The van der Waals surface area contributed by atoms with E-state index in [1.54, 1.807) is 24.3 Å². The van der Waals surface area contributed by atoms with E-state index in [4.69, 9.17) is 4.74 Å². The highest BCUT2D eigenvalue weighted by molar-refractivity contribution is 5.98. The molecule has 27 heavy (non-hydrogen) atoms. The molecule has 9 heteroatoms. The topological polar surface area (TPSA) is 76.5 Å². The van der Waals surface area contributed by atoms with Crippen molar-refractivity contribution >= 4 is 17.5 Å². The lowest BCUT2D eigenvalue weighted by atomic mass is 10.1. The Morgan fingerprint density at radius 1 is 1.44 bits per heavy atom. The quantitative estimate of drug-likeness (QED) is 0.839. The Morgan fingerprint density at radius 3 is 2.96 bits per heavy atom. The Balaban J connectivity index is 1.67. The molecule has 1 fully saturated rings. The predicted octanol–water partition coefficient (Wildman–Crippen LogP) is 2.67. The van der Waals surface area contributed by atoms with Crippen LogP contribution in [0.3, 0.4) is 0 Å². The van der Waals surface area contributed by atoms with Crippen LogP contribution in [0, 0.1) is 0 Å². The summed E-state index contributed by atoms with van der Waals surface area (Å²) in [5, 5.41) is 2.74. The first-order chi connectivity index (χ1) is 13.0. The smallest absolute Gasteiger partial charge is 0.319 e. The van der Waals surface area contributed by atoms with Gasteiger partial charge < -0.3 is 15.0 Å². The van der Waals surface area contributed by atoms with Gasteiger partial charge in [0.2, 0.25) is 0 Å². The van der Waals surface area contributed by atoms with E-state index in [1.165, 1.54) is 24.3 Å². The van der Waals surface area contributed by atoms with Gasteiger partial charge in [0.15, 0.2) is 0 Å². The van der Waals surface area contributed by atoms with Gasteiger partial charge in [-0.1, -0.05) is 6.07 Å². The van der Waals surface area contributed by atoms with Gasteiger partial charge in [-0.05, 0) is 31.0 Å². The maximum atomic E-state index is 12.9. The first-order valence-electron chi connectivity index (χ1n) is 8.53. The number of nitrogens with one attached hydrogen (secondary N) is 1. The monoisotopic (exact) mass is 378 g/mol. The van der Waals surface area contributed by atoms with E-state index in [9.17, 15) is 18.4 Å². The number of rotatable bonds is 6. The van der Waals surface area contributed by atoms with Gasteiger partial charge in [-0.2, -0.15) is 8.78 Å². The first kappa shape index (κ1) is 19.0. The minimum absolute atomic E-state index is 0.0668. The average molecular weight is 378 g/mol. The molecule has 1 aliphatic heterocycles. The fourth-order valence-electron chi connectivity index (χ4n) is 2.89. The maximum Gasteiger partial charge on any atom is 0.319 e. The normalized spacial score (nSPS) is 16.5. The summed E-state index contributed by atoms with van der Waals surface area (Å²) in [5.74, 6) is -0.528. The molecule has 2 heterocycles. The molecule has 1 N–H and O–H groups in total. The second kappa shape index (κ2) is 8.26. The van der Waals surface area contributed by atoms with E-state index in [1.807, 2.05) is 0 Å². The number of alkyl halides is 2.